The number of hydrogen-bond acceptors (Lipinski definition) is 2. The van der Waals surface area contributed by atoms with Gasteiger partial charge in [0.2, 0.25) is 0 Å². The first-order chi connectivity index (χ1) is 9.36. The van der Waals surface area contributed by atoms with Crippen LogP contribution in [0, 0.1) is 18.3 Å². The summed E-state index contributed by atoms with van der Waals surface area (Å²) in [6.45, 7) is 12.2. The molecular weight excluding hydrogens is 246 g/mol. The van der Waals surface area contributed by atoms with E-state index in [1.165, 1.54) is 6.42 Å². The van der Waals surface area contributed by atoms with Crippen molar-refractivity contribution in [2.24, 2.45) is 11.3 Å². The van der Waals surface area contributed by atoms with Crippen LogP contribution in [0.1, 0.15) is 49.5 Å². The third kappa shape index (κ3) is 3.92. The molecule has 1 aliphatic heterocycles. The number of rotatable bonds is 4. The lowest BCUT2D eigenvalue weighted by Crippen LogP contribution is -2.27. The molecule has 1 fully saturated rings. The Morgan fingerprint density at radius 2 is 2.10 bits per heavy atom. The molecule has 110 valence electrons. The van der Waals surface area contributed by atoms with Crippen LogP contribution in [0.3, 0.4) is 0 Å². The van der Waals surface area contributed by atoms with Crippen LogP contribution in [0.15, 0.2) is 24.3 Å². The predicted molar refractivity (Wildman–Crippen MR) is 84.1 cm³/mol. The molecule has 0 aromatic heterocycles. The molecule has 2 nitrogen and oxygen atoms in total. The zero-order valence-corrected chi connectivity index (χ0v) is 13.3. The molecular formula is C18H27NO. The highest BCUT2D eigenvalue weighted by Crippen LogP contribution is 2.33. The Kier molecular flexibility index (Phi) is 4.64. The minimum absolute atomic E-state index is 0.271. The number of benzene rings is 1. The number of Topliss-reactive ketones (excluding diaryl/α,β-unsaturated/α-hetero) is 1. The number of nitrogens with zero attached hydrogens (tertiary/aromatic N) is 1. The summed E-state index contributed by atoms with van der Waals surface area (Å²) >= 11 is 0. The molecule has 1 aromatic carbocycles. The van der Waals surface area contributed by atoms with Crippen molar-refractivity contribution in [3.63, 3.8) is 0 Å². The van der Waals surface area contributed by atoms with E-state index in [0.29, 0.717) is 11.8 Å². The Bertz CT molecular complexity index is 473. The number of carbonyl (C=O) groups excluding carboxylic acids is 1. The first-order valence-electron chi connectivity index (χ1n) is 7.68. The lowest BCUT2D eigenvalue weighted by Gasteiger charge is -2.27. The maximum absolute atomic E-state index is 12.2. The van der Waals surface area contributed by atoms with E-state index >= 15 is 0 Å². The second-order valence-electron chi connectivity index (χ2n) is 7.19. The van der Waals surface area contributed by atoms with Crippen LogP contribution in [0.25, 0.3) is 0 Å². The Morgan fingerprint density at radius 3 is 2.70 bits per heavy atom. The fraction of sp³-hybridized carbons (Fsp3) is 0.611. The summed E-state index contributed by atoms with van der Waals surface area (Å²) in [6.07, 6.45) is 1.91. The zero-order valence-electron chi connectivity index (χ0n) is 13.3. The van der Waals surface area contributed by atoms with E-state index in [4.69, 9.17) is 0 Å². The van der Waals surface area contributed by atoms with Crippen LogP contribution in [0.4, 0.5) is 0 Å². The van der Waals surface area contributed by atoms with Gasteiger partial charge >= 0.3 is 0 Å². The van der Waals surface area contributed by atoms with Crippen molar-refractivity contribution in [1.29, 1.82) is 0 Å². The molecule has 1 aliphatic rings. The smallest absolute Gasteiger partial charge is 0.164 e. The number of aryl methyl sites for hydroxylation is 1. The summed E-state index contributed by atoms with van der Waals surface area (Å²) in [7, 11) is 0. The molecule has 20 heavy (non-hydrogen) atoms. The van der Waals surface area contributed by atoms with E-state index in [0.717, 1.165) is 36.7 Å². The second kappa shape index (κ2) is 6.09. The summed E-state index contributed by atoms with van der Waals surface area (Å²) in [4.78, 5) is 14.7. The predicted octanol–water partition coefficient (Wildman–Crippen LogP) is 3.94. The van der Waals surface area contributed by atoms with E-state index in [1.54, 1.807) is 0 Å². The van der Waals surface area contributed by atoms with Crippen molar-refractivity contribution in [3.05, 3.63) is 35.4 Å². The highest BCUT2D eigenvalue weighted by atomic mass is 16.1. The molecule has 0 radical (unpaired) electrons. The van der Waals surface area contributed by atoms with Gasteiger partial charge in [-0.1, -0.05) is 44.5 Å². The molecule has 1 heterocycles. The average Bonchev–Trinajstić information content (AvgIpc) is 2.84. The van der Waals surface area contributed by atoms with Crippen LogP contribution in [-0.4, -0.2) is 30.3 Å². The average molecular weight is 273 g/mol. The van der Waals surface area contributed by atoms with Crippen molar-refractivity contribution in [1.82, 2.24) is 4.90 Å². The van der Waals surface area contributed by atoms with Gasteiger partial charge < -0.3 is 4.90 Å². The maximum atomic E-state index is 12.2. The van der Waals surface area contributed by atoms with Crippen LogP contribution in [-0.2, 0) is 0 Å². The van der Waals surface area contributed by atoms with Gasteiger partial charge in [-0.15, -0.1) is 0 Å². The van der Waals surface area contributed by atoms with Crippen LogP contribution in [0.2, 0.25) is 0 Å². The van der Waals surface area contributed by atoms with Crippen molar-refractivity contribution in [3.8, 4) is 0 Å². The second-order valence-corrected chi connectivity index (χ2v) is 7.19. The van der Waals surface area contributed by atoms with Gasteiger partial charge in [-0.05, 0) is 37.3 Å². The van der Waals surface area contributed by atoms with E-state index in [9.17, 15) is 4.79 Å². The van der Waals surface area contributed by atoms with Crippen molar-refractivity contribution in [2.45, 2.75) is 40.5 Å². The van der Waals surface area contributed by atoms with E-state index in [2.05, 4.69) is 25.7 Å². The lowest BCUT2D eigenvalue weighted by molar-refractivity contribution is 0.0966. The first-order valence-corrected chi connectivity index (χ1v) is 7.68. The normalized spacial score (nSPS) is 20.3. The lowest BCUT2D eigenvalue weighted by atomic mass is 9.80. The Hall–Kier alpha value is -1.15. The zero-order chi connectivity index (χ0) is 14.8. The maximum Gasteiger partial charge on any atom is 0.164 e. The highest BCUT2D eigenvalue weighted by Gasteiger charge is 2.31. The standard InChI is InChI=1S/C18H27NO/c1-14-6-5-7-15(12-14)17(20)9-11-19-10-8-16(13-19)18(2,3)4/h5-7,12,16H,8-11,13H2,1-4H3. The van der Waals surface area contributed by atoms with Crippen LogP contribution >= 0.6 is 0 Å². The number of likely N-dealkylation sites (tertiary alicyclic amines) is 1. The van der Waals surface area contributed by atoms with Crippen molar-refractivity contribution in [2.75, 3.05) is 19.6 Å². The quantitative estimate of drug-likeness (QED) is 0.775. The third-order valence-electron chi connectivity index (χ3n) is 4.49. The molecule has 1 unspecified atom stereocenters. The summed E-state index contributed by atoms with van der Waals surface area (Å²) in [5.41, 5.74) is 2.40. The Morgan fingerprint density at radius 1 is 1.35 bits per heavy atom. The Labute approximate surface area is 123 Å². The molecule has 1 atom stereocenters. The molecule has 0 N–H and O–H groups in total. The largest absolute Gasteiger partial charge is 0.303 e. The van der Waals surface area contributed by atoms with E-state index in [1.807, 2.05) is 31.2 Å². The first kappa shape index (κ1) is 15.2. The molecule has 0 aliphatic carbocycles. The third-order valence-corrected chi connectivity index (χ3v) is 4.49. The fourth-order valence-electron chi connectivity index (χ4n) is 2.97. The molecule has 0 amide bonds. The van der Waals surface area contributed by atoms with Gasteiger partial charge in [-0.2, -0.15) is 0 Å². The highest BCUT2D eigenvalue weighted by molar-refractivity contribution is 5.96. The van der Waals surface area contributed by atoms with Gasteiger partial charge in [-0.25, -0.2) is 0 Å². The summed E-state index contributed by atoms with van der Waals surface area (Å²) < 4.78 is 0. The minimum atomic E-state index is 0.271. The van der Waals surface area contributed by atoms with Gasteiger partial charge in [0.1, 0.15) is 0 Å². The van der Waals surface area contributed by atoms with E-state index < -0.39 is 0 Å². The molecule has 2 rings (SSSR count). The van der Waals surface area contributed by atoms with E-state index in [-0.39, 0.29) is 5.78 Å². The van der Waals surface area contributed by atoms with Gasteiger partial charge in [0.05, 0.1) is 0 Å². The van der Waals surface area contributed by atoms with Crippen molar-refractivity contribution < 1.29 is 4.79 Å². The van der Waals surface area contributed by atoms with Gasteiger partial charge in [0, 0.05) is 25.1 Å². The number of ketones is 1. The van der Waals surface area contributed by atoms with Crippen molar-refractivity contribution >= 4 is 5.78 Å². The molecule has 2 heteroatoms. The SMILES string of the molecule is Cc1cccc(C(=O)CCN2CCC(C(C)(C)C)C2)c1. The fourth-order valence-corrected chi connectivity index (χ4v) is 2.97. The molecule has 1 saturated heterocycles. The topological polar surface area (TPSA) is 20.3 Å². The van der Waals surface area contributed by atoms with Gasteiger partial charge in [0.25, 0.3) is 0 Å². The summed E-state index contributed by atoms with van der Waals surface area (Å²) in [5.74, 6) is 1.03. The molecule has 0 saturated carbocycles. The van der Waals surface area contributed by atoms with Gasteiger partial charge in [-0.3, -0.25) is 4.79 Å². The Balaban J connectivity index is 1.83. The number of hydrogen-bond donors (Lipinski definition) is 0. The van der Waals surface area contributed by atoms with Crippen LogP contribution in [0.5, 0.6) is 0 Å². The summed E-state index contributed by atoms with van der Waals surface area (Å²) in [5, 5.41) is 0. The monoisotopic (exact) mass is 273 g/mol. The minimum Gasteiger partial charge on any atom is -0.303 e. The number of carbonyl (C=O) groups is 1. The molecule has 0 spiro atoms. The molecule has 0 bridgehead atoms. The van der Waals surface area contributed by atoms with Gasteiger partial charge in [0.15, 0.2) is 5.78 Å². The van der Waals surface area contributed by atoms with Crippen LogP contribution < -0.4 is 0 Å². The summed E-state index contributed by atoms with van der Waals surface area (Å²) in [6, 6.07) is 7.92. The molecule has 1 aromatic rings.